The summed E-state index contributed by atoms with van der Waals surface area (Å²) < 4.78 is 0. The third-order valence-corrected chi connectivity index (χ3v) is 3.11. The Balaban J connectivity index is 2.17. The van der Waals surface area contributed by atoms with Gasteiger partial charge in [0.1, 0.15) is 0 Å². The first kappa shape index (κ1) is 10.4. The van der Waals surface area contributed by atoms with Gasteiger partial charge in [0.25, 0.3) is 0 Å². The number of hydrogen-bond acceptors (Lipinski definition) is 4. The molecule has 4 nitrogen and oxygen atoms in total. The third-order valence-electron chi connectivity index (χ3n) is 3.11. The van der Waals surface area contributed by atoms with Crippen molar-refractivity contribution in [1.29, 1.82) is 0 Å². The molecule has 0 radical (unpaired) electrons. The average molecular weight is 206 g/mol. The quantitative estimate of drug-likeness (QED) is 0.780. The van der Waals surface area contributed by atoms with Crippen molar-refractivity contribution in [2.75, 3.05) is 25.0 Å². The minimum absolute atomic E-state index is 0.534. The number of hydrogen-bond donors (Lipinski definition) is 1. The van der Waals surface area contributed by atoms with E-state index >= 15 is 0 Å². The molecule has 1 atom stereocenters. The molecule has 15 heavy (non-hydrogen) atoms. The van der Waals surface area contributed by atoms with Gasteiger partial charge in [-0.05, 0) is 32.4 Å². The van der Waals surface area contributed by atoms with Crippen LogP contribution in [0.3, 0.4) is 0 Å². The standard InChI is InChI=1S/C11H18N4/c1-8-6-13-11(14-9(8)2)15(3)10-4-5-12-7-10/h6,10,12H,4-5,7H2,1-3H3. The van der Waals surface area contributed by atoms with Crippen LogP contribution in [-0.4, -0.2) is 36.1 Å². The molecule has 1 aromatic rings. The molecule has 1 aromatic heterocycles. The zero-order valence-electron chi connectivity index (χ0n) is 9.62. The summed E-state index contributed by atoms with van der Waals surface area (Å²) in [6, 6.07) is 0.534. The maximum atomic E-state index is 4.50. The molecule has 0 spiro atoms. The Morgan fingerprint density at radius 3 is 2.87 bits per heavy atom. The molecule has 1 saturated heterocycles. The second kappa shape index (κ2) is 4.14. The van der Waals surface area contributed by atoms with Gasteiger partial charge in [-0.1, -0.05) is 0 Å². The number of likely N-dealkylation sites (N-methyl/N-ethyl adjacent to an activating group) is 1. The Kier molecular flexibility index (Phi) is 2.86. The predicted octanol–water partition coefficient (Wildman–Crippen LogP) is 0.892. The number of nitrogens with one attached hydrogen (secondary N) is 1. The summed E-state index contributed by atoms with van der Waals surface area (Å²) in [7, 11) is 2.07. The summed E-state index contributed by atoms with van der Waals surface area (Å²) in [6.07, 6.45) is 3.07. The molecule has 4 heteroatoms. The molecule has 2 heterocycles. The first-order valence-electron chi connectivity index (χ1n) is 5.42. The van der Waals surface area contributed by atoms with Crippen molar-refractivity contribution >= 4 is 5.95 Å². The third kappa shape index (κ3) is 2.09. The van der Waals surface area contributed by atoms with E-state index in [1.165, 1.54) is 6.42 Å². The molecule has 1 aliphatic rings. The van der Waals surface area contributed by atoms with Crippen LogP contribution in [0.1, 0.15) is 17.7 Å². The second-order valence-electron chi connectivity index (χ2n) is 4.20. The first-order valence-corrected chi connectivity index (χ1v) is 5.42. The van der Waals surface area contributed by atoms with Crippen molar-refractivity contribution in [3.05, 3.63) is 17.5 Å². The van der Waals surface area contributed by atoms with E-state index in [4.69, 9.17) is 0 Å². The second-order valence-corrected chi connectivity index (χ2v) is 4.20. The molecule has 0 saturated carbocycles. The lowest BCUT2D eigenvalue weighted by Crippen LogP contribution is -2.34. The van der Waals surface area contributed by atoms with Gasteiger partial charge in [0.2, 0.25) is 5.95 Å². The van der Waals surface area contributed by atoms with E-state index in [0.29, 0.717) is 6.04 Å². The lowest BCUT2D eigenvalue weighted by molar-refractivity contribution is 0.666. The summed E-state index contributed by atoms with van der Waals surface area (Å²) in [5.74, 6) is 0.840. The molecule has 1 fully saturated rings. The highest BCUT2D eigenvalue weighted by Gasteiger charge is 2.21. The van der Waals surface area contributed by atoms with E-state index in [-0.39, 0.29) is 0 Å². The summed E-state index contributed by atoms with van der Waals surface area (Å²) in [4.78, 5) is 11.0. The zero-order valence-corrected chi connectivity index (χ0v) is 9.62. The van der Waals surface area contributed by atoms with Crippen molar-refractivity contribution in [2.24, 2.45) is 0 Å². The van der Waals surface area contributed by atoms with Crippen LogP contribution in [0, 0.1) is 13.8 Å². The number of aromatic nitrogens is 2. The van der Waals surface area contributed by atoms with E-state index in [1.807, 2.05) is 20.0 Å². The van der Waals surface area contributed by atoms with E-state index in [0.717, 1.165) is 30.3 Å². The molecule has 0 amide bonds. The Hall–Kier alpha value is -1.16. The lowest BCUT2D eigenvalue weighted by Gasteiger charge is -2.23. The van der Waals surface area contributed by atoms with Crippen LogP contribution < -0.4 is 10.2 Å². The van der Waals surface area contributed by atoms with Gasteiger partial charge in [-0.3, -0.25) is 0 Å². The molecule has 0 bridgehead atoms. The van der Waals surface area contributed by atoms with Crippen molar-refractivity contribution in [3.63, 3.8) is 0 Å². The fourth-order valence-electron chi connectivity index (χ4n) is 1.82. The largest absolute Gasteiger partial charge is 0.340 e. The van der Waals surface area contributed by atoms with Gasteiger partial charge in [0.05, 0.1) is 0 Å². The Labute approximate surface area is 90.7 Å². The summed E-state index contributed by atoms with van der Waals surface area (Å²) in [5, 5.41) is 3.35. The van der Waals surface area contributed by atoms with Crippen molar-refractivity contribution in [1.82, 2.24) is 15.3 Å². The highest BCUT2D eigenvalue weighted by molar-refractivity contribution is 5.33. The molecule has 0 aliphatic carbocycles. The molecule has 1 aliphatic heterocycles. The van der Waals surface area contributed by atoms with E-state index in [2.05, 4.69) is 27.2 Å². The maximum absolute atomic E-state index is 4.50. The number of nitrogens with zero attached hydrogens (tertiary/aromatic N) is 3. The van der Waals surface area contributed by atoms with Gasteiger partial charge in [0.15, 0.2) is 0 Å². The number of aryl methyl sites for hydroxylation is 2. The van der Waals surface area contributed by atoms with Gasteiger partial charge >= 0.3 is 0 Å². The van der Waals surface area contributed by atoms with Crippen LogP contribution in [0.15, 0.2) is 6.20 Å². The molecule has 1 N–H and O–H groups in total. The van der Waals surface area contributed by atoms with Gasteiger partial charge in [0, 0.05) is 31.5 Å². The first-order chi connectivity index (χ1) is 7.18. The monoisotopic (exact) mass is 206 g/mol. The lowest BCUT2D eigenvalue weighted by atomic mass is 10.2. The molecule has 82 valence electrons. The summed E-state index contributed by atoms with van der Waals surface area (Å²) >= 11 is 0. The fraction of sp³-hybridized carbons (Fsp3) is 0.636. The van der Waals surface area contributed by atoms with Gasteiger partial charge in [-0.25, -0.2) is 9.97 Å². The highest BCUT2D eigenvalue weighted by atomic mass is 15.3. The van der Waals surface area contributed by atoms with E-state index in [9.17, 15) is 0 Å². The summed E-state index contributed by atoms with van der Waals surface area (Å²) in [6.45, 7) is 6.20. The normalized spacial score (nSPS) is 20.6. The van der Waals surface area contributed by atoms with Crippen molar-refractivity contribution < 1.29 is 0 Å². The molecule has 0 aromatic carbocycles. The van der Waals surface area contributed by atoms with Crippen LogP contribution in [0.25, 0.3) is 0 Å². The fourth-order valence-corrected chi connectivity index (χ4v) is 1.82. The van der Waals surface area contributed by atoms with Crippen LogP contribution >= 0.6 is 0 Å². The number of rotatable bonds is 2. The Morgan fingerprint density at radius 1 is 1.47 bits per heavy atom. The van der Waals surface area contributed by atoms with Crippen LogP contribution in [-0.2, 0) is 0 Å². The average Bonchev–Trinajstić information content (AvgIpc) is 2.74. The molecular formula is C11H18N4. The minimum Gasteiger partial charge on any atom is -0.340 e. The van der Waals surface area contributed by atoms with Crippen LogP contribution in [0.2, 0.25) is 0 Å². The van der Waals surface area contributed by atoms with E-state index in [1.54, 1.807) is 0 Å². The zero-order chi connectivity index (χ0) is 10.8. The Morgan fingerprint density at radius 2 is 2.27 bits per heavy atom. The van der Waals surface area contributed by atoms with E-state index < -0.39 is 0 Å². The summed E-state index contributed by atoms with van der Waals surface area (Å²) in [5.41, 5.74) is 2.22. The van der Waals surface area contributed by atoms with Crippen molar-refractivity contribution in [2.45, 2.75) is 26.3 Å². The predicted molar refractivity (Wildman–Crippen MR) is 61.2 cm³/mol. The molecule has 2 rings (SSSR count). The maximum Gasteiger partial charge on any atom is 0.225 e. The van der Waals surface area contributed by atoms with Gasteiger partial charge in [-0.15, -0.1) is 0 Å². The topological polar surface area (TPSA) is 41.1 Å². The number of anilines is 1. The van der Waals surface area contributed by atoms with Gasteiger partial charge < -0.3 is 10.2 Å². The van der Waals surface area contributed by atoms with Crippen LogP contribution in [0.4, 0.5) is 5.95 Å². The highest BCUT2D eigenvalue weighted by Crippen LogP contribution is 2.14. The minimum atomic E-state index is 0.534. The SMILES string of the molecule is Cc1cnc(N(C)C2CCNC2)nc1C. The smallest absolute Gasteiger partial charge is 0.225 e. The molecular weight excluding hydrogens is 188 g/mol. The van der Waals surface area contributed by atoms with Crippen molar-refractivity contribution in [3.8, 4) is 0 Å². The Bertz CT molecular complexity index is 344. The molecule has 1 unspecified atom stereocenters. The van der Waals surface area contributed by atoms with Crippen LogP contribution in [0.5, 0.6) is 0 Å². The van der Waals surface area contributed by atoms with Gasteiger partial charge in [-0.2, -0.15) is 0 Å².